The summed E-state index contributed by atoms with van der Waals surface area (Å²) in [5.74, 6) is -1.88. The molecule has 4 nitrogen and oxygen atoms in total. The number of hydrogen-bond donors (Lipinski definition) is 2. The summed E-state index contributed by atoms with van der Waals surface area (Å²) in [6, 6.07) is 0. The van der Waals surface area contributed by atoms with E-state index < -0.39 is 11.9 Å². The minimum absolute atomic E-state index is 0.0959. The van der Waals surface area contributed by atoms with Crippen molar-refractivity contribution in [2.75, 3.05) is 0 Å². The van der Waals surface area contributed by atoms with Gasteiger partial charge in [-0.25, -0.2) is 0 Å². The van der Waals surface area contributed by atoms with Gasteiger partial charge in [0.25, 0.3) is 0 Å². The molecule has 0 aliphatic heterocycles. The summed E-state index contributed by atoms with van der Waals surface area (Å²) in [5, 5.41) is 17.9. The molecule has 3 fully saturated rings. The molecule has 0 radical (unpaired) electrons. The minimum Gasteiger partial charge on any atom is -0.481 e. The Morgan fingerprint density at radius 3 is 1.43 bits per heavy atom. The molecule has 3 saturated carbocycles. The first-order valence-electron chi connectivity index (χ1n) is 5.05. The van der Waals surface area contributed by atoms with Gasteiger partial charge < -0.3 is 10.2 Å². The maximum atomic E-state index is 10.9. The Balaban J connectivity index is 2.12. The highest BCUT2D eigenvalue weighted by Gasteiger charge is 2.47. The first kappa shape index (κ1) is 9.49. The molecule has 3 rings (SSSR count). The van der Waals surface area contributed by atoms with Gasteiger partial charge in [-0.1, -0.05) is 0 Å². The number of hydrogen-bond acceptors (Lipinski definition) is 2. The fraction of sp³-hybridized carbons (Fsp3) is 0.800. The third kappa shape index (κ3) is 1.38. The van der Waals surface area contributed by atoms with Gasteiger partial charge in [-0.3, -0.25) is 9.59 Å². The lowest BCUT2D eigenvalue weighted by Crippen LogP contribution is -2.43. The van der Waals surface area contributed by atoms with Gasteiger partial charge in [0, 0.05) is 0 Å². The summed E-state index contributed by atoms with van der Waals surface area (Å²) in [6.45, 7) is 0. The number of carbonyl (C=O) groups is 2. The molecule has 0 aromatic rings. The van der Waals surface area contributed by atoms with E-state index in [1.807, 2.05) is 0 Å². The zero-order chi connectivity index (χ0) is 10.3. The molecule has 2 bridgehead atoms. The van der Waals surface area contributed by atoms with Crippen LogP contribution in [-0.4, -0.2) is 22.2 Å². The second kappa shape index (κ2) is 3.26. The van der Waals surface area contributed by atoms with Gasteiger partial charge in [0.1, 0.15) is 0 Å². The molecule has 3 aliphatic rings. The quantitative estimate of drug-likeness (QED) is 0.699. The number of carboxylic acids is 2. The molecule has 0 amide bonds. The maximum absolute atomic E-state index is 10.9. The predicted octanol–water partition coefficient (Wildman–Crippen LogP) is 1.21. The normalized spacial score (nSPS) is 40.9. The average Bonchev–Trinajstić information content (AvgIpc) is 2.18. The predicted molar refractivity (Wildman–Crippen MR) is 47.7 cm³/mol. The Hall–Kier alpha value is -1.06. The summed E-state index contributed by atoms with van der Waals surface area (Å²) < 4.78 is 0. The molecule has 3 aliphatic carbocycles. The zero-order valence-corrected chi connectivity index (χ0v) is 7.85. The Bertz CT molecular complexity index is 245. The molecule has 0 spiro atoms. The number of carboxylic acid groups (broad SMARTS) is 2. The van der Waals surface area contributed by atoms with E-state index in [2.05, 4.69) is 0 Å². The summed E-state index contributed by atoms with van der Waals surface area (Å²) in [7, 11) is 0. The van der Waals surface area contributed by atoms with Crippen LogP contribution in [0.3, 0.4) is 0 Å². The van der Waals surface area contributed by atoms with Crippen molar-refractivity contribution in [2.45, 2.75) is 25.7 Å². The van der Waals surface area contributed by atoms with E-state index in [0.717, 1.165) is 12.8 Å². The topological polar surface area (TPSA) is 74.6 Å². The Morgan fingerprint density at radius 1 is 0.857 bits per heavy atom. The average molecular weight is 198 g/mol. The van der Waals surface area contributed by atoms with Gasteiger partial charge in [-0.15, -0.1) is 0 Å². The van der Waals surface area contributed by atoms with Crippen molar-refractivity contribution in [2.24, 2.45) is 23.7 Å². The lowest BCUT2D eigenvalue weighted by Gasteiger charge is -2.43. The van der Waals surface area contributed by atoms with Crippen LogP contribution in [0.5, 0.6) is 0 Å². The van der Waals surface area contributed by atoms with Gasteiger partial charge in [-0.2, -0.15) is 0 Å². The third-order valence-corrected chi connectivity index (χ3v) is 3.79. The standard InChI is InChI=1S/C10H14O4/c11-9(12)7-4-6-2-1-5(7)3-8(6)10(13)14/h5-8H,1-4H2,(H,11,12)(H,13,14). The van der Waals surface area contributed by atoms with E-state index >= 15 is 0 Å². The molecule has 0 saturated heterocycles. The second-order valence-corrected chi connectivity index (χ2v) is 4.46. The van der Waals surface area contributed by atoms with Crippen LogP contribution >= 0.6 is 0 Å². The van der Waals surface area contributed by atoms with Gasteiger partial charge in [-0.05, 0) is 37.5 Å². The molecule has 0 aromatic carbocycles. The molecule has 14 heavy (non-hydrogen) atoms. The van der Waals surface area contributed by atoms with Crippen LogP contribution in [0.15, 0.2) is 0 Å². The van der Waals surface area contributed by atoms with Crippen LogP contribution < -0.4 is 0 Å². The highest BCUT2D eigenvalue weighted by molar-refractivity contribution is 5.74. The van der Waals surface area contributed by atoms with E-state index in [9.17, 15) is 9.59 Å². The monoisotopic (exact) mass is 198 g/mol. The fourth-order valence-corrected chi connectivity index (χ4v) is 3.04. The van der Waals surface area contributed by atoms with Gasteiger partial charge in [0.05, 0.1) is 11.8 Å². The fourth-order valence-electron chi connectivity index (χ4n) is 3.04. The van der Waals surface area contributed by atoms with Crippen molar-refractivity contribution < 1.29 is 19.8 Å². The molecule has 0 heterocycles. The van der Waals surface area contributed by atoms with Crippen LogP contribution in [0.1, 0.15) is 25.7 Å². The van der Waals surface area contributed by atoms with E-state index in [1.165, 1.54) is 0 Å². The van der Waals surface area contributed by atoms with Crippen molar-refractivity contribution in [3.05, 3.63) is 0 Å². The molecular weight excluding hydrogens is 184 g/mol. The highest BCUT2D eigenvalue weighted by atomic mass is 16.4. The summed E-state index contributed by atoms with van der Waals surface area (Å²) >= 11 is 0. The molecule has 2 N–H and O–H groups in total. The molecule has 78 valence electrons. The molecule has 0 aromatic heterocycles. The van der Waals surface area contributed by atoms with Crippen LogP contribution in [0.4, 0.5) is 0 Å². The van der Waals surface area contributed by atoms with Crippen molar-refractivity contribution in [1.29, 1.82) is 0 Å². The molecule has 4 atom stereocenters. The Kier molecular flexibility index (Phi) is 2.21. The summed E-state index contributed by atoms with van der Waals surface area (Å²) in [6.07, 6.45) is 2.92. The SMILES string of the molecule is O=C(O)C1CC2CCC1CC2C(=O)O. The van der Waals surface area contributed by atoms with Crippen molar-refractivity contribution in [1.82, 2.24) is 0 Å². The first-order chi connectivity index (χ1) is 6.59. The van der Waals surface area contributed by atoms with Crippen LogP contribution in [0.2, 0.25) is 0 Å². The van der Waals surface area contributed by atoms with Crippen LogP contribution in [0, 0.1) is 23.7 Å². The van der Waals surface area contributed by atoms with Crippen LogP contribution in [-0.2, 0) is 9.59 Å². The van der Waals surface area contributed by atoms with Crippen molar-refractivity contribution >= 4 is 11.9 Å². The first-order valence-corrected chi connectivity index (χ1v) is 5.05. The van der Waals surface area contributed by atoms with Crippen molar-refractivity contribution in [3.8, 4) is 0 Å². The highest BCUT2D eigenvalue weighted by Crippen LogP contribution is 2.48. The van der Waals surface area contributed by atoms with Crippen LogP contribution in [0.25, 0.3) is 0 Å². The van der Waals surface area contributed by atoms with E-state index in [-0.39, 0.29) is 23.7 Å². The smallest absolute Gasteiger partial charge is 0.306 e. The maximum Gasteiger partial charge on any atom is 0.306 e. The number of fused-ring (bicyclic) bond motifs is 3. The van der Waals surface area contributed by atoms with Gasteiger partial charge in [0.2, 0.25) is 0 Å². The van der Waals surface area contributed by atoms with Gasteiger partial charge in [0.15, 0.2) is 0 Å². The second-order valence-electron chi connectivity index (χ2n) is 4.46. The Morgan fingerprint density at radius 2 is 1.21 bits per heavy atom. The molecule has 4 unspecified atom stereocenters. The van der Waals surface area contributed by atoms with E-state index in [0.29, 0.717) is 12.8 Å². The third-order valence-electron chi connectivity index (χ3n) is 3.79. The van der Waals surface area contributed by atoms with Gasteiger partial charge >= 0.3 is 11.9 Å². The number of aliphatic carboxylic acids is 2. The molecule has 4 heteroatoms. The summed E-state index contributed by atoms with van der Waals surface area (Å²) in [5.41, 5.74) is 0. The zero-order valence-electron chi connectivity index (χ0n) is 7.85. The Labute approximate surface area is 81.9 Å². The largest absolute Gasteiger partial charge is 0.481 e. The lowest BCUT2D eigenvalue weighted by molar-refractivity contribution is -0.157. The number of rotatable bonds is 2. The summed E-state index contributed by atoms with van der Waals surface area (Å²) in [4.78, 5) is 21.7. The van der Waals surface area contributed by atoms with E-state index in [1.54, 1.807) is 0 Å². The molecular formula is C10H14O4. The lowest BCUT2D eigenvalue weighted by atomic mass is 9.60. The van der Waals surface area contributed by atoms with E-state index in [4.69, 9.17) is 10.2 Å². The minimum atomic E-state index is -0.747. The van der Waals surface area contributed by atoms with Crippen molar-refractivity contribution in [3.63, 3.8) is 0 Å².